The van der Waals surface area contributed by atoms with Crippen LogP contribution >= 0.6 is 23.2 Å². The van der Waals surface area contributed by atoms with Gasteiger partial charge in [0.25, 0.3) is 11.6 Å². The van der Waals surface area contributed by atoms with Crippen LogP contribution < -0.4 is 5.73 Å². The van der Waals surface area contributed by atoms with Crippen molar-refractivity contribution in [1.29, 1.82) is 0 Å². The largest absolute Gasteiger partial charge is 0.369 e. The number of primary amides is 1. The zero-order valence-corrected chi connectivity index (χ0v) is 12.2. The molecule has 1 atom stereocenters. The van der Waals surface area contributed by atoms with E-state index in [2.05, 4.69) is 0 Å². The first kappa shape index (κ1) is 15.5. The van der Waals surface area contributed by atoms with Crippen molar-refractivity contribution < 1.29 is 14.5 Å². The standard InChI is InChI=1S/C12H11Cl2N3O4/c13-8-3-7(4-9(10(8)14)17(20)21)12(19)16-2-1-6(5-16)11(15)18/h3-4,6H,1-2,5H2,(H2,15,18). The minimum absolute atomic E-state index is 0.0567. The van der Waals surface area contributed by atoms with E-state index < -0.39 is 28.3 Å². The molecule has 2 amide bonds. The lowest BCUT2D eigenvalue weighted by molar-refractivity contribution is -0.384. The molecule has 0 aromatic heterocycles. The van der Waals surface area contributed by atoms with Crippen LogP contribution in [0.2, 0.25) is 10.0 Å². The van der Waals surface area contributed by atoms with Crippen LogP contribution in [-0.4, -0.2) is 34.7 Å². The lowest BCUT2D eigenvalue weighted by atomic mass is 10.1. The fourth-order valence-corrected chi connectivity index (χ4v) is 2.58. The van der Waals surface area contributed by atoms with E-state index in [0.29, 0.717) is 13.0 Å². The molecule has 1 aliphatic heterocycles. The van der Waals surface area contributed by atoms with Gasteiger partial charge in [-0.25, -0.2) is 0 Å². The molecule has 1 fully saturated rings. The van der Waals surface area contributed by atoms with E-state index in [4.69, 9.17) is 28.9 Å². The van der Waals surface area contributed by atoms with Gasteiger partial charge in [-0.3, -0.25) is 19.7 Å². The third kappa shape index (κ3) is 3.08. The summed E-state index contributed by atoms with van der Waals surface area (Å²) in [7, 11) is 0. The number of nitro benzene ring substituents is 1. The summed E-state index contributed by atoms with van der Waals surface area (Å²) in [6.45, 7) is 0.558. The molecular formula is C12H11Cl2N3O4. The van der Waals surface area contributed by atoms with Gasteiger partial charge in [0, 0.05) is 24.7 Å². The monoisotopic (exact) mass is 331 g/mol. The van der Waals surface area contributed by atoms with E-state index in [1.165, 1.54) is 11.0 Å². The van der Waals surface area contributed by atoms with Crippen molar-refractivity contribution in [3.05, 3.63) is 37.9 Å². The number of benzene rings is 1. The molecule has 21 heavy (non-hydrogen) atoms. The number of nitro groups is 1. The van der Waals surface area contributed by atoms with Crippen molar-refractivity contribution in [1.82, 2.24) is 4.90 Å². The lowest BCUT2D eigenvalue weighted by Gasteiger charge is -2.16. The number of carbonyl (C=O) groups is 2. The van der Waals surface area contributed by atoms with Gasteiger partial charge in [-0.1, -0.05) is 23.2 Å². The summed E-state index contributed by atoms with van der Waals surface area (Å²) in [4.78, 5) is 35.0. The molecule has 1 heterocycles. The zero-order chi connectivity index (χ0) is 15.7. The maximum Gasteiger partial charge on any atom is 0.290 e. The van der Waals surface area contributed by atoms with Gasteiger partial charge in [-0.15, -0.1) is 0 Å². The Labute approximate surface area is 129 Å². The van der Waals surface area contributed by atoms with Crippen LogP contribution in [0.3, 0.4) is 0 Å². The number of amides is 2. The van der Waals surface area contributed by atoms with E-state index in [1.54, 1.807) is 0 Å². The van der Waals surface area contributed by atoms with Crippen molar-refractivity contribution in [3.8, 4) is 0 Å². The second-order valence-electron chi connectivity index (χ2n) is 4.69. The molecular weight excluding hydrogens is 321 g/mol. The molecule has 0 spiro atoms. The summed E-state index contributed by atoms with van der Waals surface area (Å²) in [5.74, 6) is -1.31. The number of hydrogen-bond acceptors (Lipinski definition) is 4. The summed E-state index contributed by atoms with van der Waals surface area (Å²) >= 11 is 11.5. The predicted octanol–water partition coefficient (Wildman–Crippen LogP) is 1.85. The molecule has 0 bridgehead atoms. The highest BCUT2D eigenvalue weighted by Crippen LogP contribution is 2.33. The van der Waals surface area contributed by atoms with Gasteiger partial charge in [-0.2, -0.15) is 0 Å². The topological polar surface area (TPSA) is 107 Å². The summed E-state index contributed by atoms with van der Waals surface area (Å²) in [6, 6.07) is 2.35. The molecule has 0 saturated carbocycles. The molecule has 9 heteroatoms. The summed E-state index contributed by atoms with van der Waals surface area (Å²) < 4.78 is 0. The second kappa shape index (κ2) is 5.87. The molecule has 7 nitrogen and oxygen atoms in total. The van der Waals surface area contributed by atoms with Gasteiger partial charge in [0.1, 0.15) is 5.02 Å². The summed E-state index contributed by atoms with van der Waals surface area (Å²) in [5, 5.41) is 10.6. The van der Waals surface area contributed by atoms with Gasteiger partial charge in [0.05, 0.1) is 15.9 Å². The Morgan fingerprint density at radius 2 is 2.05 bits per heavy atom. The van der Waals surface area contributed by atoms with Crippen LogP contribution in [-0.2, 0) is 4.79 Å². The number of likely N-dealkylation sites (tertiary alicyclic amines) is 1. The number of nitrogens with zero attached hydrogens (tertiary/aromatic N) is 2. The Morgan fingerprint density at radius 3 is 2.57 bits per heavy atom. The third-order valence-corrected chi connectivity index (χ3v) is 4.12. The van der Waals surface area contributed by atoms with Gasteiger partial charge in [-0.05, 0) is 12.5 Å². The Balaban J connectivity index is 2.28. The Kier molecular flexibility index (Phi) is 4.34. The Morgan fingerprint density at radius 1 is 1.38 bits per heavy atom. The highest BCUT2D eigenvalue weighted by atomic mass is 35.5. The molecule has 0 aliphatic carbocycles. The van der Waals surface area contributed by atoms with E-state index in [9.17, 15) is 19.7 Å². The number of carbonyl (C=O) groups excluding carboxylic acids is 2. The Bertz CT molecular complexity index is 635. The molecule has 2 N–H and O–H groups in total. The van der Waals surface area contributed by atoms with Crippen LogP contribution in [0, 0.1) is 16.0 Å². The minimum Gasteiger partial charge on any atom is -0.369 e. The average Bonchev–Trinajstić information content (AvgIpc) is 2.90. The second-order valence-corrected chi connectivity index (χ2v) is 5.47. The molecule has 1 aliphatic rings. The highest BCUT2D eigenvalue weighted by Gasteiger charge is 2.31. The predicted molar refractivity (Wildman–Crippen MR) is 76.3 cm³/mol. The van der Waals surface area contributed by atoms with Crippen LogP contribution in [0.1, 0.15) is 16.8 Å². The maximum absolute atomic E-state index is 12.3. The maximum atomic E-state index is 12.3. The van der Waals surface area contributed by atoms with E-state index in [1.807, 2.05) is 0 Å². The number of nitrogens with two attached hydrogens (primary N) is 1. The normalized spacial score (nSPS) is 17.8. The van der Waals surface area contributed by atoms with Crippen molar-refractivity contribution in [3.63, 3.8) is 0 Å². The zero-order valence-electron chi connectivity index (χ0n) is 10.7. The molecule has 1 aromatic rings. The molecule has 2 rings (SSSR count). The quantitative estimate of drug-likeness (QED) is 0.673. The van der Waals surface area contributed by atoms with Gasteiger partial charge in [0.15, 0.2) is 0 Å². The average molecular weight is 332 g/mol. The molecule has 1 aromatic carbocycles. The van der Waals surface area contributed by atoms with Gasteiger partial charge >= 0.3 is 0 Å². The van der Waals surface area contributed by atoms with Crippen LogP contribution in [0.5, 0.6) is 0 Å². The van der Waals surface area contributed by atoms with Crippen molar-refractivity contribution >= 4 is 40.7 Å². The minimum atomic E-state index is -0.707. The first-order chi connectivity index (χ1) is 9.81. The number of hydrogen-bond donors (Lipinski definition) is 1. The third-order valence-electron chi connectivity index (χ3n) is 3.33. The molecule has 0 radical (unpaired) electrons. The smallest absolute Gasteiger partial charge is 0.290 e. The van der Waals surface area contributed by atoms with Crippen LogP contribution in [0.15, 0.2) is 12.1 Å². The van der Waals surface area contributed by atoms with Gasteiger partial charge in [0.2, 0.25) is 5.91 Å². The molecule has 112 valence electrons. The van der Waals surface area contributed by atoms with E-state index in [0.717, 1.165) is 6.07 Å². The summed E-state index contributed by atoms with van der Waals surface area (Å²) in [5.41, 5.74) is 4.83. The Hall–Kier alpha value is -1.86. The van der Waals surface area contributed by atoms with Gasteiger partial charge < -0.3 is 10.6 Å². The fourth-order valence-electron chi connectivity index (χ4n) is 2.19. The first-order valence-electron chi connectivity index (χ1n) is 6.03. The van der Waals surface area contributed by atoms with Crippen molar-refractivity contribution in [2.45, 2.75) is 6.42 Å². The lowest BCUT2D eigenvalue weighted by Crippen LogP contribution is -2.31. The molecule has 1 unspecified atom stereocenters. The number of halogens is 2. The first-order valence-corrected chi connectivity index (χ1v) is 6.79. The number of rotatable bonds is 3. The van der Waals surface area contributed by atoms with E-state index >= 15 is 0 Å². The molecule has 1 saturated heterocycles. The fraction of sp³-hybridized carbons (Fsp3) is 0.333. The van der Waals surface area contributed by atoms with Crippen LogP contribution in [0.4, 0.5) is 5.69 Å². The van der Waals surface area contributed by atoms with Crippen LogP contribution in [0.25, 0.3) is 0 Å². The summed E-state index contributed by atoms with van der Waals surface area (Å²) in [6.07, 6.45) is 0.477. The SMILES string of the molecule is NC(=O)C1CCN(C(=O)c2cc(Cl)c(Cl)c([N+](=O)[O-])c2)C1. The van der Waals surface area contributed by atoms with Crippen molar-refractivity contribution in [2.75, 3.05) is 13.1 Å². The van der Waals surface area contributed by atoms with Crippen molar-refractivity contribution in [2.24, 2.45) is 11.7 Å². The van der Waals surface area contributed by atoms with E-state index in [-0.39, 0.29) is 22.2 Å². The highest BCUT2D eigenvalue weighted by molar-refractivity contribution is 6.43.